The van der Waals surface area contributed by atoms with Crippen LogP contribution in [0.15, 0.2) is 94.3 Å². The molecular formula is C25H19FN4O2. The van der Waals surface area contributed by atoms with E-state index in [9.17, 15) is 9.18 Å². The Kier molecular flexibility index (Phi) is 5.21. The Morgan fingerprint density at radius 2 is 1.78 bits per heavy atom. The number of nitrogens with zero attached hydrogens (tertiary/aromatic N) is 3. The molecule has 0 unspecified atom stereocenters. The second kappa shape index (κ2) is 8.47. The van der Waals surface area contributed by atoms with Crippen molar-refractivity contribution in [2.75, 3.05) is 5.32 Å². The Hall–Kier alpha value is -4.26. The summed E-state index contributed by atoms with van der Waals surface area (Å²) < 4.78 is 20.7. The van der Waals surface area contributed by atoms with Crippen LogP contribution >= 0.6 is 0 Å². The largest absolute Gasteiger partial charge is 0.456 e. The molecule has 2 aromatic heterocycles. The number of halogens is 1. The van der Waals surface area contributed by atoms with Crippen molar-refractivity contribution in [1.82, 2.24) is 15.0 Å². The standard InChI is InChI=1S/C25H19FN4O2/c26-19-8-6-17(7-9-19)15-30-16-21(28-29-30)14-27-20-10-11-24-22(12-20)23(31)13-25(32-24)18-4-2-1-3-5-18/h1-13,16,27H,14-15H2. The van der Waals surface area contributed by atoms with Crippen LogP contribution in [0, 0.1) is 5.82 Å². The lowest BCUT2D eigenvalue weighted by Gasteiger charge is -2.07. The lowest BCUT2D eigenvalue weighted by molar-refractivity contribution is 0.619. The number of nitrogens with one attached hydrogen (secondary N) is 1. The maximum Gasteiger partial charge on any atom is 0.193 e. The van der Waals surface area contributed by atoms with Gasteiger partial charge in [-0.25, -0.2) is 9.07 Å². The van der Waals surface area contributed by atoms with Gasteiger partial charge in [0.1, 0.15) is 22.9 Å². The minimum atomic E-state index is -0.266. The van der Waals surface area contributed by atoms with E-state index in [0.29, 0.717) is 29.8 Å². The topological polar surface area (TPSA) is 73.0 Å². The first-order chi connectivity index (χ1) is 15.6. The highest BCUT2D eigenvalue weighted by atomic mass is 19.1. The number of fused-ring (bicyclic) bond motifs is 1. The van der Waals surface area contributed by atoms with Crippen LogP contribution in [-0.4, -0.2) is 15.0 Å². The molecule has 7 heteroatoms. The summed E-state index contributed by atoms with van der Waals surface area (Å²) in [5.41, 5.74) is 3.76. The summed E-state index contributed by atoms with van der Waals surface area (Å²) in [5.74, 6) is 0.277. The van der Waals surface area contributed by atoms with Gasteiger partial charge in [0.15, 0.2) is 5.43 Å². The second-order valence-electron chi connectivity index (χ2n) is 7.44. The minimum absolute atomic E-state index is 0.0982. The van der Waals surface area contributed by atoms with Crippen molar-refractivity contribution >= 4 is 16.7 Å². The van der Waals surface area contributed by atoms with E-state index < -0.39 is 0 Å². The van der Waals surface area contributed by atoms with Gasteiger partial charge in [-0.05, 0) is 35.9 Å². The van der Waals surface area contributed by atoms with E-state index in [2.05, 4.69) is 15.6 Å². The number of hydrogen-bond donors (Lipinski definition) is 1. The fourth-order valence-electron chi connectivity index (χ4n) is 3.48. The van der Waals surface area contributed by atoms with E-state index in [0.717, 1.165) is 22.5 Å². The van der Waals surface area contributed by atoms with E-state index in [4.69, 9.17) is 4.42 Å². The summed E-state index contributed by atoms with van der Waals surface area (Å²) in [4.78, 5) is 12.7. The molecule has 0 spiro atoms. The highest BCUT2D eigenvalue weighted by Gasteiger charge is 2.08. The SMILES string of the molecule is O=c1cc(-c2ccccc2)oc2ccc(NCc3cn(Cc4ccc(F)cc4)nn3)cc12. The molecule has 0 bridgehead atoms. The van der Waals surface area contributed by atoms with Gasteiger partial charge in [0.2, 0.25) is 0 Å². The molecule has 3 aromatic carbocycles. The molecule has 0 aliphatic carbocycles. The molecule has 5 aromatic rings. The quantitative estimate of drug-likeness (QED) is 0.420. The van der Waals surface area contributed by atoms with E-state index in [1.54, 1.807) is 28.9 Å². The molecule has 158 valence electrons. The van der Waals surface area contributed by atoms with Crippen molar-refractivity contribution in [3.05, 3.63) is 112 Å². The lowest BCUT2D eigenvalue weighted by atomic mass is 10.1. The monoisotopic (exact) mass is 426 g/mol. The van der Waals surface area contributed by atoms with Gasteiger partial charge >= 0.3 is 0 Å². The van der Waals surface area contributed by atoms with Crippen LogP contribution in [0.4, 0.5) is 10.1 Å². The summed E-state index contributed by atoms with van der Waals surface area (Å²) in [6, 6.07) is 22.8. The lowest BCUT2D eigenvalue weighted by Crippen LogP contribution is -2.03. The molecule has 0 saturated carbocycles. The van der Waals surface area contributed by atoms with Gasteiger partial charge in [0.25, 0.3) is 0 Å². The molecule has 0 aliphatic rings. The van der Waals surface area contributed by atoms with Crippen molar-refractivity contribution in [2.45, 2.75) is 13.1 Å². The third kappa shape index (κ3) is 4.27. The Balaban J connectivity index is 1.30. The average Bonchev–Trinajstić information content (AvgIpc) is 3.27. The number of hydrogen-bond acceptors (Lipinski definition) is 5. The summed E-state index contributed by atoms with van der Waals surface area (Å²) in [6.45, 7) is 0.955. The fourth-order valence-corrected chi connectivity index (χ4v) is 3.48. The zero-order valence-corrected chi connectivity index (χ0v) is 17.0. The maximum absolute atomic E-state index is 13.0. The van der Waals surface area contributed by atoms with Crippen LogP contribution in [0.25, 0.3) is 22.3 Å². The summed E-state index contributed by atoms with van der Waals surface area (Å²) in [7, 11) is 0. The first kappa shape index (κ1) is 19.7. The molecule has 2 heterocycles. The van der Waals surface area contributed by atoms with E-state index >= 15 is 0 Å². The smallest absolute Gasteiger partial charge is 0.193 e. The zero-order valence-electron chi connectivity index (χ0n) is 17.0. The van der Waals surface area contributed by atoms with Crippen molar-refractivity contribution in [1.29, 1.82) is 0 Å². The molecule has 0 saturated heterocycles. The van der Waals surface area contributed by atoms with Gasteiger partial charge < -0.3 is 9.73 Å². The van der Waals surface area contributed by atoms with Gasteiger partial charge in [0.05, 0.1) is 24.7 Å². The van der Waals surface area contributed by atoms with E-state index in [-0.39, 0.29) is 11.2 Å². The fraction of sp³-hybridized carbons (Fsp3) is 0.0800. The summed E-state index contributed by atoms with van der Waals surface area (Å²) in [6.07, 6.45) is 1.83. The Bertz CT molecular complexity index is 1430. The molecule has 6 nitrogen and oxygen atoms in total. The minimum Gasteiger partial charge on any atom is -0.456 e. The molecule has 0 radical (unpaired) electrons. The van der Waals surface area contributed by atoms with Crippen LogP contribution in [0.3, 0.4) is 0 Å². The van der Waals surface area contributed by atoms with Gasteiger partial charge in [-0.15, -0.1) is 5.10 Å². The molecule has 5 rings (SSSR count). The number of aromatic nitrogens is 3. The van der Waals surface area contributed by atoms with E-state index in [1.165, 1.54) is 18.2 Å². The van der Waals surface area contributed by atoms with E-state index in [1.807, 2.05) is 42.6 Å². The van der Waals surface area contributed by atoms with Gasteiger partial charge in [-0.3, -0.25) is 4.79 Å². The molecule has 0 atom stereocenters. The van der Waals surface area contributed by atoms with Crippen LogP contribution < -0.4 is 10.7 Å². The Labute approximate surface area is 182 Å². The number of rotatable bonds is 6. The molecule has 1 N–H and O–H groups in total. The average molecular weight is 426 g/mol. The van der Waals surface area contributed by atoms with Gasteiger partial charge in [0, 0.05) is 17.3 Å². The maximum atomic E-state index is 13.0. The number of anilines is 1. The Morgan fingerprint density at radius 3 is 2.59 bits per heavy atom. The van der Waals surface area contributed by atoms with Crippen molar-refractivity contribution in [3.8, 4) is 11.3 Å². The highest BCUT2D eigenvalue weighted by Crippen LogP contribution is 2.24. The molecule has 0 aliphatic heterocycles. The summed E-state index contributed by atoms with van der Waals surface area (Å²) >= 11 is 0. The van der Waals surface area contributed by atoms with Crippen LogP contribution in [0.1, 0.15) is 11.3 Å². The first-order valence-electron chi connectivity index (χ1n) is 10.1. The third-order valence-electron chi connectivity index (χ3n) is 5.10. The van der Waals surface area contributed by atoms with Crippen LogP contribution in [-0.2, 0) is 13.1 Å². The third-order valence-corrected chi connectivity index (χ3v) is 5.10. The molecular weight excluding hydrogens is 407 g/mol. The van der Waals surface area contributed by atoms with Gasteiger partial charge in [-0.1, -0.05) is 47.7 Å². The first-order valence-corrected chi connectivity index (χ1v) is 10.1. The van der Waals surface area contributed by atoms with Crippen molar-refractivity contribution < 1.29 is 8.81 Å². The van der Waals surface area contributed by atoms with Gasteiger partial charge in [-0.2, -0.15) is 0 Å². The second-order valence-corrected chi connectivity index (χ2v) is 7.44. The Morgan fingerprint density at radius 1 is 0.969 bits per heavy atom. The number of benzene rings is 3. The normalized spacial score (nSPS) is 11.0. The predicted octanol–water partition coefficient (Wildman–Crippen LogP) is 4.85. The van der Waals surface area contributed by atoms with Crippen molar-refractivity contribution in [3.63, 3.8) is 0 Å². The molecule has 0 amide bonds. The molecule has 0 fully saturated rings. The van der Waals surface area contributed by atoms with Crippen LogP contribution in [0.5, 0.6) is 0 Å². The zero-order chi connectivity index (χ0) is 21.9. The van der Waals surface area contributed by atoms with Crippen molar-refractivity contribution in [2.24, 2.45) is 0 Å². The molecule has 32 heavy (non-hydrogen) atoms. The van der Waals surface area contributed by atoms with Crippen LogP contribution in [0.2, 0.25) is 0 Å². The highest BCUT2D eigenvalue weighted by molar-refractivity contribution is 5.82. The predicted molar refractivity (Wildman–Crippen MR) is 121 cm³/mol. The summed E-state index contributed by atoms with van der Waals surface area (Å²) in [5, 5.41) is 12.1.